The lowest BCUT2D eigenvalue weighted by atomic mass is 10.1. The van der Waals surface area contributed by atoms with Gasteiger partial charge in [-0.25, -0.2) is 0 Å². The third-order valence-electron chi connectivity index (χ3n) is 2.24. The third-order valence-corrected chi connectivity index (χ3v) is 2.96. The molecule has 0 saturated heterocycles. The first-order valence-corrected chi connectivity index (χ1v) is 4.96. The highest BCUT2D eigenvalue weighted by Crippen LogP contribution is 2.31. The molecule has 77 valence electrons. The van der Waals surface area contributed by atoms with E-state index in [4.69, 9.17) is 23.2 Å². The molecule has 0 unspecified atom stereocenters. The lowest BCUT2D eigenvalue weighted by Gasteiger charge is -2.08. The lowest BCUT2D eigenvalue weighted by Crippen LogP contribution is -2.29. The number of hydrogen-bond acceptors (Lipinski definition) is 2. The minimum Gasteiger partial charge on any atom is -0.274 e. The van der Waals surface area contributed by atoms with Crippen LogP contribution in [0.4, 0.5) is 0 Å². The van der Waals surface area contributed by atoms with Crippen LogP contribution < -0.4 is 0 Å². The van der Waals surface area contributed by atoms with Crippen LogP contribution in [-0.4, -0.2) is 23.3 Å². The van der Waals surface area contributed by atoms with Crippen LogP contribution in [0, 0.1) is 6.92 Å². The van der Waals surface area contributed by atoms with Crippen molar-refractivity contribution in [1.29, 1.82) is 0 Å². The van der Waals surface area contributed by atoms with Gasteiger partial charge in [0.15, 0.2) is 0 Å². The molecule has 0 N–H and O–H groups in total. The first-order chi connectivity index (χ1) is 7.06. The summed E-state index contributed by atoms with van der Waals surface area (Å²) in [6.07, 6.45) is 0. The van der Waals surface area contributed by atoms with Gasteiger partial charge in [-0.1, -0.05) is 23.2 Å². The Hall–Kier alpha value is -1.06. The molecule has 2 amide bonds. The van der Waals surface area contributed by atoms with Gasteiger partial charge in [0, 0.05) is 6.54 Å². The maximum atomic E-state index is 11.7. The van der Waals surface area contributed by atoms with Crippen LogP contribution in [0.3, 0.4) is 0 Å². The van der Waals surface area contributed by atoms with Gasteiger partial charge < -0.3 is 0 Å². The van der Waals surface area contributed by atoms with E-state index < -0.39 is 0 Å². The average Bonchev–Trinajstić information content (AvgIpc) is 2.42. The lowest BCUT2D eigenvalue weighted by molar-refractivity contribution is 0.0671. The summed E-state index contributed by atoms with van der Waals surface area (Å²) in [5, 5.41) is 0.532. The Morgan fingerprint density at radius 3 is 1.80 bits per heavy atom. The first-order valence-electron chi connectivity index (χ1n) is 4.20. The van der Waals surface area contributed by atoms with Gasteiger partial charge in [-0.3, -0.25) is 14.5 Å². The second kappa shape index (κ2) is 3.51. The van der Waals surface area contributed by atoms with Crippen LogP contribution in [-0.2, 0) is 0 Å². The van der Waals surface area contributed by atoms with Crippen molar-refractivity contribution in [2.24, 2.45) is 0 Å². The molecule has 0 aromatic heterocycles. The molecule has 1 aromatic carbocycles. The Labute approximate surface area is 96.6 Å². The van der Waals surface area contributed by atoms with Crippen molar-refractivity contribution in [3.05, 3.63) is 40.2 Å². The monoisotopic (exact) mass is 242 g/mol. The van der Waals surface area contributed by atoms with Crippen LogP contribution in [0.5, 0.6) is 0 Å². The largest absolute Gasteiger partial charge is 0.274 e. The maximum Gasteiger partial charge on any atom is 0.261 e. The fourth-order valence-electron chi connectivity index (χ4n) is 1.49. The van der Waals surface area contributed by atoms with Crippen LogP contribution in [0.25, 0.3) is 0 Å². The van der Waals surface area contributed by atoms with Crippen LogP contribution in [0.1, 0.15) is 20.7 Å². The highest BCUT2D eigenvalue weighted by molar-refractivity contribution is 6.43. The zero-order valence-electron chi connectivity index (χ0n) is 7.59. The van der Waals surface area contributed by atoms with Crippen molar-refractivity contribution in [2.75, 3.05) is 6.54 Å². The minimum atomic E-state index is -0.372. The summed E-state index contributed by atoms with van der Waals surface area (Å²) in [4.78, 5) is 24.4. The van der Waals surface area contributed by atoms with Gasteiger partial charge >= 0.3 is 0 Å². The smallest absolute Gasteiger partial charge is 0.261 e. The summed E-state index contributed by atoms with van der Waals surface area (Å²) in [6, 6.07) is 2.82. The number of rotatable bonds is 1. The van der Waals surface area contributed by atoms with E-state index in [1.54, 1.807) is 0 Å². The molecule has 0 atom stereocenters. The van der Waals surface area contributed by atoms with Crippen molar-refractivity contribution in [1.82, 2.24) is 4.90 Å². The molecule has 1 aliphatic rings. The van der Waals surface area contributed by atoms with Crippen molar-refractivity contribution < 1.29 is 9.59 Å². The van der Waals surface area contributed by atoms with Crippen molar-refractivity contribution in [3.63, 3.8) is 0 Å². The second-order valence-electron chi connectivity index (χ2n) is 3.07. The summed E-state index contributed by atoms with van der Waals surface area (Å²) >= 11 is 11.5. The van der Waals surface area contributed by atoms with E-state index in [1.807, 2.05) is 0 Å². The molecule has 0 spiro atoms. The molecule has 0 bridgehead atoms. The average molecular weight is 243 g/mol. The molecule has 5 heteroatoms. The quantitative estimate of drug-likeness (QED) is 0.710. The first kappa shape index (κ1) is 10.5. The number of fused-ring (bicyclic) bond motifs is 1. The SMILES string of the molecule is [CH2]CN1C(=O)c2cc(Cl)c(Cl)cc2C1=O. The van der Waals surface area contributed by atoms with Crippen LogP contribution in [0.2, 0.25) is 10.0 Å². The van der Waals surface area contributed by atoms with E-state index in [-0.39, 0.29) is 39.5 Å². The van der Waals surface area contributed by atoms with Gasteiger partial charge in [0.1, 0.15) is 0 Å². The molecule has 0 saturated carbocycles. The van der Waals surface area contributed by atoms with E-state index in [2.05, 4.69) is 6.92 Å². The Balaban J connectivity index is 2.63. The van der Waals surface area contributed by atoms with Gasteiger partial charge in [-0.15, -0.1) is 0 Å². The van der Waals surface area contributed by atoms with Gasteiger partial charge in [-0.05, 0) is 19.1 Å². The van der Waals surface area contributed by atoms with Crippen molar-refractivity contribution in [3.8, 4) is 0 Å². The van der Waals surface area contributed by atoms with Crippen LogP contribution >= 0.6 is 23.2 Å². The van der Waals surface area contributed by atoms with Gasteiger partial charge in [0.05, 0.1) is 21.2 Å². The molecule has 1 aromatic rings. The molecule has 15 heavy (non-hydrogen) atoms. The molecule has 0 aliphatic carbocycles. The molecule has 1 radical (unpaired) electrons. The number of imide groups is 1. The number of hydrogen-bond donors (Lipinski definition) is 0. The molecule has 3 nitrogen and oxygen atoms in total. The highest BCUT2D eigenvalue weighted by atomic mass is 35.5. The number of carbonyl (C=O) groups excluding carboxylic acids is 2. The normalized spacial score (nSPS) is 14.7. The topological polar surface area (TPSA) is 37.4 Å². The number of nitrogens with zero attached hydrogens (tertiary/aromatic N) is 1. The molecule has 1 aliphatic heterocycles. The summed E-state index contributed by atoms with van der Waals surface area (Å²) in [5.41, 5.74) is 0.580. The predicted octanol–water partition coefficient (Wildman–Crippen LogP) is 2.42. The Morgan fingerprint density at radius 2 is 1.47 bits per heavy atom. The molecule has 1 heterocycles. The van der Waals surface area contributed by atoms with Gasteiger partial charge in [0.25, 0.3) is 11.8 Å². The van der Waals surface area contributed by atoms with Gasteiger partial charge in [-0.2, -0.15) is 0 Å². The summed E-state index contributed by atoms with van der Waals surface area (Å²) in [6.45, 7) is 3.61. The number of benzene rings is 1. The molecule has 0 fully saturated rings. The fourth-order valence-corrected chi connectivity index (χ4v) is 1.81. The zero-order chi connectivity index (χ0) is 11.2. The van der Waals surface area contributed by atoms with E-state index in [1.165, 1.54) is 12.1 Å². The van der Waals surface area contributed by atoms with Crippen molar-refractivity contribution in [2.45, 2.75) is 0 Å². The number of carbonyl (C=O) groups is 2. The predicted molar refractivity (Wildman–Crippen MR) is 57.2 cm³/mol. The molecule has 2 rings (SSSR count). The highest BCUT2D eigenvalue weighted by Gasteiger charge is 2.35. The molecular weight excluding hydrogens is 237 g/mol. The summed E-state index contributed by atoms with van der Waals surface area (Å²) in [5.74, 6) is -0.743. The number of halogens is 2. The second-order valence-corrected chi connectivity index (χ2v) is 3.89. The van der Waals surface area contributed by atoms with Crippen molar-refractivity contribution >= 4 is 35.0 Å². The third kappa shape index (κ3) is 1.43. The van der Waals surface area contributed by atoms with E-state index in [0.29, 0.717) is 0 Å². The number of amides is 2. The molecular formula is C10H6Cl2NO2. The fraction of sp³-hybridized carbons (Fsp3) is 0.100. The van der Waals surface area contributed by atoms with E-state index >= 15 is 0 Å². The summed E-state index contributed by atoms with van der Waals surface area (Å²) in [7, 11) is 0. The van der Waals surface area contributed by atoms with Crippen LogP contribution in [0.15, 0.2) is 12.1 Å². The Bertz CT molecular complexity index is 430. The summed E-state index contributed by atoms with van der Waals surface area (Å²) < 4.78 is 0. The maximum absolute atomic E-state index is 11.7. The Kier molecular flexibility index (Phi) is 2.44. The Morgan fingerprint density at radius 1 is 1.07 bits per heavy atom. The van der Waals surface area contributed by atoms with E-state index in [0.717, 1.165) is 4.90 Å². The van der Waals surface area contributed by atoms with E-state index in [9.17, 15) is 9.59 Å². The standard InChI is InChI=1S/C10H6Cl2NO2/c1-2-13-9(14)5-3-7(11)8(12)4-6(5)10(13)15/h3-4H,1-2H2. The zero-order valence-corrected chi connectivity index (χ0v) is 9.10. The van der Waals surface area contributed by atoms with Gasteiger partial charge in [0.2, 0.25) is 0 Å². The minimum absolute atomic E-state index is 0.0988.